The standard InChI is InChI=1S/C16H20N2O4/c1-3-21-16(19)11-8-12-10-17-18(14-6-4-5-7-22-14)15(12)13(9-11)20-2/h8-10,14H,3-7H2,1-2H3/t14-/m0/s1. The molecule has 1 aliphatic heterocycles. The van der Waals surface area contributed by atoms with E-state index in [9.17, 15) is 4.79 Å². The van der Waals surface area contributed by atoms with E-state index in [0.717, 1.165) is 36.8 Å². The van der Waals surface area contributed by atoms with Gasteiger partial charge in [-0.25, -0.2) is 9.48 Å². The highest BCUT2D eigenvalue weighted by Gasteiger charge is 2.22. The van der Waals surface area contributed by atoms with E-state index in [1.54, 1.807) is 32.4 Å². The van der Waals surface area contributed by atoms with Crippen molar-refractivity contribution >= 4 is 16.9 Å². The zero-order valence-electron chi connectivity index (χ0n) is 12.9. The number of esters is 1. The van der Waals surface area contributed by atoms with E-state index in [1.165, 1.54) is 0 Å². The molecule has 1 aromatic carbocycles. The van der Waals surface area contributed by atoms with Crippen molar-refractivity contribution in [3.05, 3.63) is 23.9 Å². The summed E-state index contributed by atoms with van der Waals surface area (Å²) in [6.45, 7) is 2.87. The molecule has 0 spiro atoms. The van der Waals surface area contributed by atoms with Crippen molar-refractivity contribution in [3.8, 4) is 5.75 Å². The van der Waals surface area contributed by atoms with Crippen molar-refractivity contribution in [2.24, 2.45) is 0 Å². The number of carbonyl (C=O) groups excluding carboxylic acids is 1. The lowest BCUT2D eigenvalue weighted by molar-refractivity contribution is -0.0368. The van der Waals surface area contributed by atoms with Crippen LogP contribution in [0.1, 0.15) is 42.8 Å². The van der Waals surface area contributed by atoms with Gasteiger partial charge in [0.15, 0.2) is 6.23 Å². The van der Waals surface area contributed by atoms with Crippen LogP contribution in [0.3, 0.4) is 0 Å². The fraction of sp³-hybridized carbons (Fsp3) is 0.500. The molecule has 2 heterocycles. The van der Waals surface area contributed by atoms with Gasteiger partial charge >= 0.3 is 5.97 Å². The van der Waals surface area contributed by atoms with Crippen LogP contribution in [-0.2, 0) is 9.47 Å². The SMILES string of the molecule is CCOC(=O)c1cc(OC)c2c(cnn2[C@@H]2CCCCO2)c1. The largest absolute Gasteiger partial charge is 0.494 e. The first-order valence-electron chi connectivity index (χ1n) is 7.58. The average Bonchev–Trinajstić information content (AvgIpc) is 2.99. The molecule has 3 rings (SSSR count). The normalized spacial score (nSPS) is 18.4. The molecule has 0 saturated carbocycles. The van der Waals surface area contributed by atoms with Crippen LogP contribution in [0.15, 0.2) is 18.3 Å². The first-order valence-corrected chi connectivity index (χ1v) is 7.58. The van der Waals surface area contributed by atoms with Gasteiger partial charge in [0.2, 0.25) is 0 Å². The summed E-state index contributed by atoms with van der Waals surface area (Å²) in [4.78, 5) is 11.9. The van der Waals surface area contributed by atoms with Crippen molar-refractivity contribution in [1.82, 2.24) is 9.78 Å². The second-order valence-electron chi connectivity index (χ2n) is 5.25. The van der Waals surface area contributed by atoms with Gasteiger partial charge in [0.1, 0.15) is 11.3 Å². The molecule has 1 fully saturated rings. The van der Waals surface area contributed by atoms with Crippen LogP contribution in [0.5, 0.6) is 5.75 Å². The Balaban J connectivity index is 2.04. The molecule has 118 valence electrons. The van der Waals surface area contributed by atoms with E-state index in [4.69, 9.17) is 14.2 Å². The van der Waals surface area contributed by atoms with E-state index >= 15 is 0 Å². The lowest BCUT2D eigenvalue weighted by atomic mass is 10.1. The van der Waals surface area contributed by atoms with Crippen molar-refractivity contribution in [2.45, 2.75) is 32.4 Å². The van der Waals surface area contributed by atoms with E-state index in [0.29, 0.717) is 17.9 Å². The maximum atomic E-state index is 11.9. The highest BCUT2D eigenvalue weighted by Crippen LogP contribution is 2.32. The van der Waals surface area contributed by atoms with E-state index < -0.39 is 0 Å². The number of aromatic nitrogens is 2. The van der Waals surface area contributed by atoms with Gasteiger partial charge in [0.25, 0.3) is 0 Å². The maximum Gasteiger partial charge on any atom is 0.338 e. The first kappa shape index (κ1) is 14.8. The van der Waals surface area contributed by atoms with Crippen LogP contribution < -0.4 is 4.74 Å². The van der Waals surface area contributed by atoms with Crippen LogP contribution >= 0.6 is 0 Å². The Morgan fingerprint density at radius 2 is 2.32 bits per heavy atom. The molecule has 2 aromatic rings. The Morgan fingerprint density at radius 3 is 3.00 bits per heavy atom. The summed E-state index contributed by atoms with van der Waals surface area (Å²) in [5.74, 6) is 0.247. The number of methoxy groups -OCH3 is 1. The molecular weight excluding hydrogens is 284 g/mol. The van der Waals surface area contributed by atoms with Gasteiger partial charge in [0, 0.05) is 12.0 Å². The number of hydrogen-bond donors (Lipinski definition) is 0. The quantitative estimate of drug-likeness (QED) is 0.813. The van der Waals surface area contributed by atoms with E-state index in [-0.39, 0.29) is 12.2 Å². The monoisotopic (exact) mass is 304 g/mol. The van der Waals surface area contributed by atoms with Gasteiger partial charge in [-0.05, 0) is 38.3 Å². The molecule has 0 amide bonds. The van der Waals surface area contributed by atoms with Crippen molar-refractivity contribution in [2.75, 3.05) is 20.3 Å². The predicted molar refractivity (Wildman–Crippen MR) is 81.1 cm³/mol. The fourth-order valence-electron chi connectivity index (χ4n) is 2.78. The summed E-state index contributed by atoms with van der Waals surface area (Å²) in [6.07, 6.45) is 4.79. The van der Waals surface area contributed by atoms with Crippen molar-refractivity contribution in [3.63, 3.8) is 0 Å². The lowest BCUT2D eigenvalue weighted by Gasteiger charge is -2.24. The molecule has 6 nitrogen and oxygen atoms in total. The van der Waals surface area contributed by atoms with Crippen LogP contribution in [0.4, 0.5) is 0 Å². The van der Waals surface area contributed by atoms with Crippen LogP contribution in [0.25, 0.3) is 10.9 Å². The Hall–Kier alpha value is -2.08. The molecule has 1 aliphatic rings. The topological polar surface area (TPSA) is 62.6 Å². The molecule has 1 atom stereocenters. The maximum absolute atomic E-state index is 11.9. The number of rotatable bonds is 4. The van der Waals surface area contributed by atoms with Crippen molar-refractivity contribution in [1.29, 1.82) is 0 Å². The minimum atomic E-state index is -0.357. The fourth-order valence-corrected chi connectivity index (χ4v) is 2.78. The minimum absolute atomic E-state index is 0.0754. The Morgan fingerprint density at radius 1 is 1.45 bits per heavy atom. The van der Waals surface area contributed by atoms with Crippen LogP contribution in [-0.4, -0.2) is 36.1 Å². The highest BCUT2D eigenvalue weighted by molar-refractivity contribution is 5.97. The molecule has 0 bridgehead atoms. The van der Waals surface area contributed by atoms with Gasteiger partial charge in [-0.1, -0.05) is 0 Å². The second kappa shape index (κ2) is 6.36. The zero-order valence-corrected chi connectivity index (χ0v) is 12.9. The third-order valence-corrected chi connectivity index (χ3v) is 3.81. The molecule has 0 aliphatic carbocycles. The molecule has 0 unspecified atom stereocenters. The third kappa shape index (κ3) is 2.66. The number of carbonyl (C=O) groups is 1. The average molecular weight is 304 g/mol. The summed E-state index contributed by atoms with van der Waals surface area (Å²) >= 11 is 0. The molecule has 1 aromatic heterocycles. The van der Waals surface area contributed by atoms with E-state index in [1.807, 2.05) is 4.68 Å². The lowest BCUT2D eigenvalue weighted by Crippen LogP contribution is -2.19. The summed E-state index contributed by atoms with van der Waals surface area (Å²) in [5.41, 5.74) is 1.32. The van der Waals surface area contributed by atoms with Gasteiger partial charge in [-0.15, -0.1) is 0 Å². The van der Waals surface area contributed by atoms with Crippen LogP contribution in [0, 0.1) is 0 Å². The summed E-state index contributed by atoms with van der Waals surface area (Å²) in [5, 5.41) is 5.28. The summed E-state index contributed by atoms with van der Waals surface area (Å²) < 4.78 is 18.2. The molecule has 1 saturated heterocycles. The number of benzene rings is 1. The molecule has 0 N–H and O–H groups in total. The number of nitrogens with zero attached hydrogens (tertiary/aromatic N) is 2. The predicted octanol–water partition coefficient (Wildman–Crippen LogP) is 2.92. The number of hydrogen-bond acceptors (Lipinski definition) is 5. The number of fused-ring (bicyclic) bond motifs is 1. The van der Waals surface area contributed by atoms with Crippen LogP contribution in [0.2, 0.25) is 0 Å². The van der Waals surface area contributed by atoms with E-state index in [2.05, 4.69) is 5.10 Å². The zero-order chi connectivity index (χ0) is 15.5. The minimum Gasteiger partial charge on any atom is -0.494 e. The second-order valence-corrected chi connectivity index (χ2v) is 5.25. The van der Waals surface area contributed by atoms with Crippen molar-refractivity contribution < 1.29 is 19.0 Å². The summed E-state index contributed by atoms with van der Waals surface area (Å²) in [6, 6.07) is 3.48. The number of ether oxygens (including phenoxy) is 3. The first-order chi connectivity index (χ1) is 10.7. The smallest absolute Gasteiger partial charge is 0.338 e. The Kier molecular flexibility index (Phi) is 4.29. The van der Waals surface area contributed by atoms with Gasteiger partial charge < -0.3 is 14.2 Å². The van der Waals surface area contributed by atoms with Gasteiger partial charge in [-0.2, -0.15) is 5.10 Å². The molecule has 6 heteroatoms. The molecule has 0 radical (unpaired) electrons. The third-order valence-electron chi connectivity index (χ3n) is 3.81. The molecular formula is C16H20N2O4. The Labute approximate surface area is 129 Å². The Bertz CT molecular complexity index is 674. The van der Waals surface area contributed by atoms with Gasteiger partial charge in [-0.3, -0.25) is 0 Å². The van der Waals surface area contributed by atoms with Gasteiger partial charge in [0.05, 0.1) is 25.5 Å². The summed E-state index contributed by atoms with van der Waals surface area (Å²) in [7, 11) is 1.59. The molecule has 22 heavy (non-hydrogen) atoms. The highest BCUT2D eigenvalue weighted by atomic mass is 16.5.